The monoisotopic (exact) mass is 282 g/mol. The molecule has 3 rings (SSSR count). The lowest BCUT2D eigenvalue weighted by Crippen LogP contribution is -2.25. The number of hydrogen-bond donors (Lipinski definition) is 1. The van der Waals surface area contributed by atoms with Gasteiger partial charge in [0.15, 0.2) is 0 Å². The molecule has 1 aliphatic heterocycles. The summed E-state index contributed by atoms with van der Waals surface area (Å²) in [5.41, 5.74) is 1.42. The third-order valence-corrected chi connectivity index (χ3v) is 3.60. The maximum atomic E-state index is 12.0. The first-order valence-corrected chi connectivity index (χ1v) is 7.22. The number of anilines is 1. The summed E-state index contributed by atoms with van der Waals surface area (Å²) in [5, 5.41) is 2.85. The van der Waals surface area contributed by atoms with E-state index in [1.165, 1.54) is 12.8 Å². The maximum absolute atomic E-state index is 12.0. The van der Waals surface area contributed by atoms with E-state index in [1.807, 2.05) is 30.3 Å². The van der Waals surface area contributed by atoms with Gasteiger partial charge in [0.25, 0.3) is 5.91 Å². The molecule has 1 N–H and O–H groups in total. The van der Waals surface area contributed by atoms with Crippen molar-refractivity contribution >= 4 is 11.7 Å². The quantitative estimate of drug-likeness (QED) is 0.932. The molecule has 0 unspecified atom stereocenters. The van der Waals surface area contributed by atoms with Crippen LogP contribution in [0.25, 0.3) is 0 Å². The Kier molecular flexibility index (Phi) is 4.09. The van der Waals surface area contributed by atoms with Crippen molar-refractivity contribution in [2.24, 2.45) is 0 Å². The minimum absolute atomic E-state index is 0.195. The Bertz CT molecular complexity index is 591. The molecule has 1 saturated heterocycles. The molecule has 0 saturated carbocycles. The summed E-state index contributed by atoms with van der Waals surface area (Å²) in [5.74, 6) is 0.659. The molecule has 5 heteroatoms. The number of carbonyl (C=O) groups excluding carboxylic acids is 1. The van der Waals surface area contributed by atoms with Crippen molar-refractivity contribution in [2.75, 3.05) is 18.0 Å². The highest BCUT2D eigenvalue weighted by molar-refractivity contribution is 5.91. The fourth-order valence-electron chi connectivity index (χ4n) is 2.42. The molecule has 5 nitrogen and oxygen atoms in total. The Hall–Kier alpha value is -2.43. The van der Waals surface area contributed by atoms with E-state index in [4.69, 9.17) is 0 Å². The number of rotatable bonds is 4. The van der Waals surface area contributed by atoms with E-state index in [1.54, 1.807) is 12.4 Å². The van der Waals surface area contributed by atoms with Gasteiger partial charge >= 0.3 is 0 Å². The number of amides is 1. The molecule has 0 spiro atoms. The Morgan fingerprint density at radius 1 is 1.10 bits per heavy atom. The molecule has 0 atom stereocenters. The van der Waals surface area contributed by atoms with Crippen molar-refractivity contribution in [3.8, 4) is 0 Å². The Morgan fingerprint density at radius 2 is 1.86 bits per heavy atom. The fourth-order valence-corrected chi connectivity index (χ4v) is 2.42. The van der Waals surface area contributed by atoms with E-state index in [-0.39, 0.29) is 5.91 Å². The summed E-state index contributed by atoms with van der Waals surface area (Å²) in [6.45, 7) is 2.54. The van der Waals surface area contributed by atoms with Gasteiger partial charge in [-0.05, 0) is 18.4 Å². The van der Waals surface area contributed by atoms with Gasteiger partial charge in [-0.1, -0.05) is 30.3 Å². The van der Waals surface area contributed by atoms with Gasteiger partial charge in [0, 0.05) is 19.6 Å². The number of aromatic nitrogens is 2. The lowest BCUT2D eigenvalue weighted by atomic mass is 10.2. The van der Waals surface area contributed by atoms with Crippen LogP contribution in [0.4, 0.5) is 5.82 Å². The SMILES string of the molecule is O=C(NCc1ccccc1)c1cnc(N2CCCC2)cn1. The molecule has 1 aliphatic rings. The van der Waals surface area contributed by atoms with Gasteiger partial charge in [-0.3, -0.25) is 4.79 Å². The molecule has 1 aromatic heterocycles. The van der Waals surface area contributed by atoms with Crippen LogP contribution in [0.5, 0.6) is 0 Å². The van der Waals surface area contributed by atoms with Gasteiger partial charge in [-0.2, -0.15) is 0 Å². The summed E-state index contributed by atoms with van der Waals surface area (Å²) >= 11 is 0. The third-order valence-electron chi connectivity index (χ3n) is 3.60. The summed E-state index contributed by atoms with van der Waals surface area (Å²) in [4.78, 5) is 22.8. The average molecular weight is 282 g/mol. The van der Waals surface area contributed by atoms with Crippen LogP contribution < -0.4 is 10.2 Å². The normalized spacial score (nSPS) is 14.2. The van der Waals surface area contributed by atoms with Crippen LogP contribution in [0.3, 0.4) is 0 Å². The van der Waals surface area contributed by atoms with Crippen molar-refractivity contribution in [1.29, 1.82) is 0 Å². The number of benzene rings is 1. The summed E-state index contributed by atoms with van der Waals surface area (Å²) in [6, 6.07) is 9.80. The van der Waals surface area contributed by atoms with Crippen molar-refractivity contribution in [3.63, 3.8) is 0 Å². The van der Waals surface area contributed by atoms with E-state index in [0.29, 0.717) is 12.2 Å². The first-order valence-electron chi connectivity index (χ1n) is 7.22. The zero-order chi connectivity index (χ0) is 14.5. The molecule has 0 aliphatic carbocycles. The predicted molar refractivity (Wildman–Crippen MR) is 81.1 cm³/mol. The fraction of sp³-hybridized carbons (Fsp3) is 0.312. The second kappa shape index (κ2) is 6.35. The molecule has 1 amide bonds. The number of carbonyl (C=O) groups is 1. The Morgan fingerprint density at radius 3 is 2.52 bits per heavy atom. The lowest BCUT2D eigenvalue weighted by Gasteiger charge is -2.15. The van der Waals surface area contributed by atoms with E-state index < -0.39 is 0 Å². The highest BCUT2D eigenvalue weighted by Gasteiger charge is 2.15. The highest BCUT2D eigenvalue weighted by atomic mass is 16.1. The largest absolute Gasteiger partial charge is 0.355 e. The minimum atomic E-state index is -0.195. The van der Waals surface area contributed by atoms with Gasteiger partial charge in [0.1, 0.15) is 11.5 Å². The van der Waals surface area contributed by atoms with Crippen LogP contribution in [0, 0.1) is 0 Å². The first-order chi connectivity index (χ1) is 10.3. The van der Waals surface area contributed by atoms with Crippen LogP contribution in [0.1, 0.15) is 28.9 Å². The lowest BCUT2D eigenvalue weighted by molar-refractivity contribution is 0.0945. The van der Waals surface area contributed by atoms with Gasteiger partial charge < -0.3 is 10.2 Å². The van der Waals surface area contributed by atoms with Crippen molar-refractivity contribution in [2.45, 2.75) is 19.4 Å². The van der Waals surface area contributed by atoms with Gasteiger partial charge in [0.05, 0.1) is 12.4 Å². The second-order valence-corrected chi connectivity index (χ2v) is 5.12. The highest BCUT2D eigenvalue weighted by Crippen LogP contribution is 2.16. The third kappa shape index (κ3) is 3.37. The Balaban J connectivity index is 1.59. The van der Waals surface area contributed by atoms with Crippen LogP contribution >= 0.6 is 0 Å². The summed E-state index contributed by atoms with van der Waals surface area (Å²) in [7, 11) is 0. The van der Waals surface area contributed by atoms with Gasteiger partial charge in [0.2, 0.25) is 0 Å². The second-order valence-electron chi connectivity index (χ2n) is 5.12. The van der Waals surface area contributed by atoms with Crippen LogP contribution in [0.15, 0.2) is 42.7 Å². The van der Waals surface area contributed by atoms with E-state index in [9.17, 15) is 4.79 Å². The standard InChI is InChI=1S/C16H18N4O/c21-16(19-10-13-6-2-1-3-7-13)14-11-18-15(12-17-14)20-8-4-5-9-20/h1-3,6-7,11-12H,4-5,8-10H2,(H,19,21). The van der Waals surface area contributed by atoms with Gasteiger partial charge in [-0.15, -0.1) is 0 Å². The summed E-state index contributed by atoms with van der Waals surface area (Å²) < 4.78 is 0. The number of nitrogens with one attached hydrogen (secondary N) is 1. The smallest absolute Gasteiger partial charge is 0.271 e. The number of hydrogen-bond acceptors (Lipinski definition) is 4. The molecule has 2 aromatic rings. The molecular formula is C16H18N4O. The molecule has 0 radical (unpaired) electrons. The predicted octanol–water partition coefficient (Wildman–Crippen LogP) is 2.01. The van der Waals surface area contributed by atoms with E-state index in [0.717, 1.165) is 24.5 Å². The van der Waals surface area contributed by atoms with Crippen molar-refractivity contribution < 1.29 is 4.79 Å². The van der Waals surface area contributed by atoms with Gasteiger partial charge in [-0.25, -0.2) is 9.97 Å². The zero-order valence-corrected chi connectivity index (χ0v) is 11.8. The molecule has 2 heterocycles. The van der Waals surface area contributed by atoms with Crippen LogP contribution in [0.2, 0.25) is 0 Å². The molecule has 108 valence electrons. The van der Waals surface area contributed by atoms with Crippen LogP contribution in [-0.4, -0.2) is 29.0 Å². The van der Waals surface area contributed by atoms with Crippen molar-refractivity contribution in [3.05, 3.63) is 54.0 Å². The number of nitrogens with zero attached hydrogens (tertiary/aromatic N) is 3. The zero-order valence-electron chi connectivity index (χ0n) is 11.8. The molecule has 1 aromatic carbocycles. The molecule has 0 bridgehead atoms. The van der Waals surface area contributed by atoms with E-state index in [2.05, 4.69) is 20.2 Å². The Labute approximate surface area is 124 Å². The van der Waals surface area contributed by atoms with E-state index >= 15 is 0 Å². The van der Waals surface area contributed by atoms with Crippen molar-refractivity contribution in [1.82, 2.24) is 15.3 Å². The maximum Gasteiger partial charge on any atom is 0.271 e. The molecule has 1 fully saturated rings. The van der Waals surface area contributed by atoms with Crippen LogP contribution in [-0.2, 0) is 6.54 Å². The molecular weight excluding hydrogens is 264 g/mol. The topological polar surface area (TPSA) is 58.1 Å². The minimum Gasteiger partial charge on any atom is -0.355 e. The summed E-state index contributed by atoms with van der Waals surface area (Å²) in [6.07, 6.45) is 5.62. The molecule has 21 heavy (non-hydrogen) atoms. The average Bonchev–Trinajstić information content (AvgIpc) is 3.08. The first kappa shape index (κ1) is 13.5.